The molecule has 0 amide bonds. The fourth-order valence-corrected chi connectivity index (χ4v) is 3.89. The van der Waals surface area contributed by atoms with Crippen LogP contribution in [-0.4, -0.2) is 24.0 Å². The zero-order valence-electron chi connectivity index (χ0n) is 12.8. The summed E-state index contributed by atoms with van der Waals surface area (Å²) in [4.78, 5) is 13.2. The van der Waals surface area contributed by atoms with Gasteiger partial charge < -0.3 is 4.74 Å². The molecule has 0 saturated heterocycles. The molecule has 1 aromatic rings. The van der Waals surface area contributed by atoms with Crippen molar-refractivity contribution in [2.75, 3.05) is 12.4 Å². The van der Waals surface area contributed by atoms with Gasteiger partial charge in [0.05, 0.1) is 18.2 Å². The minimum Gasteiger partial charge on any atom is -0.466 e. The predicted molar refractivity (Wildman–Crippen MR) is 88.1 cm³/mol. The topological polar surface area (TPSA) is 43.4 Å². The van der Waals surface area contributed by atoms with Crippen molar-refractivity contribution in [1.29, 1.82) is 0 Å². The molecule has 2 unspecified atom stereocenters. The number of hydrogen-bond donors (Lipinski definition) is 0. The largest absolute Gasteiger partial charge is 0.466 e. The monoisotopic (exact) mass is 326 g/mol. The minimum atomic E-state index is -0.305. The molecule has 2 atom stereocenters. The lowest BCUT2D eigenvalue weighted by Crippen LogP contribution is -2.29. The van der Waals surface area contributed by atoms with Crippen LogP contribution in [-0.2, 0) is 14.1 Å². The number of thioether (sulfide) groups is 1. The molecule has 21 heavy (non-hydrogen) atoms. The summed E-state index contributed by atoms with van der Waals surface area (Å²) in [6.45, 7) is 6.29. The maximum Gasteiger partial charge on any atom is 0.310 e. The Hall–Kier alpha value is -0.860. The zero-order chi connectivity index (χ0) is 15.7. The number of rotatable bonds is 9. The first-order chi connectivity index (χ1) is 10.1. The van der Waals surface area contributed by atoms with Gasteiger partial charge in [-0.1, -0.05) is 32.0 Å². The van der Waals surface area contributed by atoms with E-state index in [0.29, 0.717) is 24.7 Å². The maximum absolute atomic E-state index is 12.1. The predicted octanol–water partition coefficient (Wildman–Crippen LogP) is 4.66. The number of esters is 1. The van der Waals surface area contributed by atoms with Crippen LogP contribution in [0.4, 0.5) is 0 Å². The number of carbonyl (C=O) groups is 1. The molecule has 0 saturated carbocycles. The lowest BCUT2D eigenvalue weighted by molar-refractivity contribution is -0.148. The molecule has 1 rings (SSSR count). The van der Waals surface area contributed by atoms with Gasteiger partial charge in [-0.15, -0.1) is 11.8 Å². The standard InChI is InChI=1S/C16H23O3PS/c1-4-19-16(17)14(10-12(2)3)15(20-18)11-21-13-8-6-5-7-9-13/h5-9,12,14-15H,4,10-11H2,1-3H3. The minimum absolute atomic E-state index is 0.0139. The summed E-state index contributed by atoms with van der Waals surface area (Å²) in [7, 11) is 0.0139. The second-order valence-corrected chi connectivity index (χ2v) is 7.25. The molecule has 1 aromatic carbocycles. The van der Waals surface area contributed by atoms with Gasteiger partial charge in [0.15, 0.2) is 8.46 Å². The third-order valence-corrected chi connectivity index (χ3v) is 5.27. The molecule has 0 aliphatic carbocycles. The Labute approximate surface area is 133 Å². The van der Waals surface area contributed by atoms with Crippen LogP contribution in [0.3, 0.4) is 0 Å². The van der Waals surface area contributed by atoms with E-state index < -0.39 is 0 Å². The first-order valence-corrected chi connectivity index (χ1v) is 9.12. The summed E-state index contributed by atoms with van der Waals surface area (Å²) >= 11 is 1.63. The molecular formula is C16H23O3PS. The van der Waals surface area contributed by atoms with E-state index in [1.807, 2.05) is 30.3 Å². The van der Waals surface area contributed by atoms with Gasteiger partial charge in [-0.3, -0.25) is 9.36 Å². The van der Waals surface area contributed by atoms with Crippen LogP contribution >= 0.6 is 20.2 Å². The fourth-order valence-electron chi connectivity index (χ4n) is 2.09. The van der Waals surface area contributed by atoms with E-state index in [1.165, 1.54) is 0 Å². The van der Waals surface area contributed by atoms with Crippen molar-refractivity contribution in [3.63, 3.8) is 0 Å². The Balaban J connectivity index is 2.71. The van der Waals surface area contributed by atoms with Crippen molar-refractivity contribution < 1.29 is 14.1 Å². The SMILES string of the molecule is CCOC(=O)C(CC(C)C)C(CSc1ccccc1)P=O. The summed E-state index contributed by atoms with van der Waals surface area (Å²) in [6.07, 6.45) is 0.702. The lowest BCUT2D eigenvalue weighted by Gasteiger charge is -2.22. The van der Waals surface area contributed by atoms with Crippen molar-refractivity contribution in [1.82, 2.24) is 0 Å². The molecule has 0 heterocycles. The zero-order valence-corrected chi connectivity index (χ0v) is 14.5. The van der Waals surface area contributed by atoms with Gasteiger partial charge in [0, 0.05) is 10.6 Å². The van der Waals surface area contributed by atoms with Crippen LogP contribution < -0.4 is 0 Å². The molecule has 116 valence electrons. The summed E-state index contributed by atoms with van der Waals surface area (Å²) in [5.74, 6) is 0.476. The molecule has 5 heteroatoms. The van der Waals surface area contributed by atoms with Gasteiger partial charge in [-0.05, 0) is 31.4 Å². The first kappa shape index (κ1) is 18.2. The van der Waals surface area contributed by atoms with Crippen molar-refractivity contribution in [2.45, 2.75) is 37.7 Å². The second-order valence-electron chi connectivity index (χ2n) is 5.28. The smallest absolute Gasteiger partial charge is 0.310 e. The molecule has 3 nitrogen and oxygen atoms in total. The van der Waals surface area contributed by atoms with Crippen LogP contribution in [0.25, 0.3) is 0 Å². The molecule has 0 N–H and O–H groups in total. The highest BCUT2D eigenvalue weighted by molar-refractivity contribution is 7.99. The second kappa shape index (κ2) is 9.97. The maximum atomic E-state index is 12.1. The highest BCUT2D eigenvalue weighted by Gasteiger charge is 2.31. The quantitative estimate of drug-likeness (QED) is 0.376. The Bertz CT molecular complexity index is 436. The number of ether oxygens (including phenoxy) is 1. The lowest BCUT2D eigenvalue weighted by atomic mass is 9.94. The summed E-state index contributed by atoms with van der Waals surface area (Å²) < 4.78 is 16.7. The van der Waals surface area contributed by atoms with Gasteiger partial charge in [-0.2, -0.15) is 0 Å². The first-order valence-electron chi connectivity index (χ1n) is 7.25. The highest BCUT2D eigenvalue weighted by atomic mass is 32.2. The molecular weight excluding hydrogens is 303 g/mol. The Morgan fingerprint density at radius 3 is 2.48 bits per heavy atom. The van der Waals surface area contributed by atoms with Crippen molar-refractivity contribution >= 4 is 26.2 Å². The van der Waals surface area contributed by atoms with Crippen molar-refractivity contribution in [3.05, 3.63) is 30.3 Å². The molecule has 0 aliphatic heterocycles. The normalized spacial score (nSPS) is 14.1. The van der Waals surface area contributed by atoms with Crippen molar-refractivity contribution in [3.8, 4) is 0 Å². The van der Waals surface area contributed by atoms with Crippen LogP contribution in [0.15, 0.2) is 35.2 Å². The van der Waals surface area contributed by atoms with Gasteiger partial charge in [0.2, 0.25) is 0 Å². The Kier molecular flexibility index (Phi) is 8.63. The van der Waals surface area contributed by atoms with E-state index in [2.05, 4.69) is 13.8 Å². The van der Waals surface area contributed by atoms with Crippen molar-refractivity contribution in [2.24, 2.45) is 11.8 Å². The highest BCUT2D eigenvalue weighted by Crippen LogP contribution is 2.31. The van der Waals surface area contributed by atoms with Gasteiger partial charge >= 0.3 is 5.97 Å². The molecule has 0 fully saturated rings. The third-order valence-electron chi connectivity index (χ3n) is 3.08. The van der Waals surface area contributed by atoms with E-state index in [4.69, 9.17) is 4.74 Å². The molecule has 0 aromatic heterocycles. The average Bonchev–Trinajstić information content (AvgIpc) is 2.47. The van der Waals surface area contributed by atoms with Crippen LogP contribution in [0, 0.1) is 11.8 Å². The van der Waals surface area contributed by atoms with E-state index in [0.717, 1.165) is 4.90 Å². The number of carbonyl (C=O) groups excluding carboxylic acids is 1. The molecule has 0 radical (unpaired) electrons. The van der Waals surface area contributed by atoms with Gasteiger partial charge in [0.1, 0.15) is 0 Å². The molecule has 0 bridgehead atoms. The van der Waals surface area contributed by atoms with E-state index in [1.54, 1.807) is 18.7 Å². The Morgan fingerprint density at radius 2 is 1.95 bits per heavy atom. The summed E-state index contributed by atoms with van der Waals surface area (Å²) in [5, 5.41) is 0. The average molecular weight is 326 g/mol. The van der Waals surface area contributed by atoms with Crippen LogP contribution in [0.1, 0.15) is 27.2 Å². The van der Waals surface area contributed by atoms with E-state index in [-0.39, 0.29) is 26.0 Å². The van der Waals surface area contributed by atoms with Crippen LogP contribution in [0.2, 0.25) is 0 Å². The molecule has 0 spiro atoms. The molecule has 0 aliphatic rings. The number of hydrogen-bond acceptors (Lipinski definition) is 4. The van der Waals surface area contributed by atoms with Crippen LogP contribution in [0.5, 0.6) is 0 Å². The fraction of sp³-hybridized carbons (Fsp3) is 0.562. The van der Waals surface area contributed by atoms with Gasteiger partial charge in [0.25, 0.3) is 0 Å². The van der Waals surface area contributed by atoms with E-state index in [9.17, 15) is 9.36 Å². The summed E-state index contributed by atoms with van der Waals surface area (Å²) in [5.41, 5.74) is -0.211. The summed E-state index contributed by atoms with van der Waals surface area (Å²) in [6, 6.07) is 9.95. The number of benzene rings is 1. The third kappa shape index (κ3) is 6.62. The Morgan fingerprint density at radius 1 is 1.29 bits per heavy atom. The van der Waals surface area contributed by atoms with E-state index >= 15 is 0 Å². The van der Waals surface area contributed by atoms with Gasteiger partial charge in [-0.25, -0.2) is 0 Å².